The molecule has 0 radical (unpaired) electrons. The van der Waals surface area contributed by atoms with Crippen molar-refractivity contribution < 1.29 is 14.3 Å². The van der Waals surface area contributed by atoms with E-state index in [1.54, 1.807) is 7.11 Å². The van der Waals surface area contributed by atoms with Crippen LogP contribution in [0.5, 0.6) is 5.75 Å². The first-order valence-corrected chi connectivity index (χ1v) is 14.9. The number of piperazine rings is 1. The third-order valence-electron chi connectivity index (χ3n) is 8.27. The molecular weight excluding hydrogens is 488 g/mol. The Balaban J connectivity index is 1.52. The third-order valence-corrected chi connectivity index (χ3v) is 8.27. The number of hydrogen-bond donors (Lipinski definition) is 2. The summed E-state index contributed by atoms with van der Waals surface area (Å²) in [6, 6.07) is 14.2. The molecule has 2 aliphatic rings. The van der Waals surface area contributed by atoms with Crippen LogP contribution in [-0.2, 0) is 4.79 Å². The topological polar surface area (TPSA) is 73.9 Å². The summed E-state index contributed by atoms with van der Waals surface area (Å²) in [5.41, 5.74) is 3.37. The lowest BCUT2D eigenvalue weighted by molar-refractivity contribution is -0.120. The fourth-order valence-electron chi connectivity index (χ4n) is 5.88. The van der Waals surface area contributed by atoms with Crippen LogP contribution in [0.3, 0.4) is 0 Å². The predicted molar refractivity (Wildman–Crippen MR) is 160 cm³/mol. The van der Waals surface area contributed by atoms with E-state index in [9.17, 15) is 9.59 Å². The summed E-state index contributed by atoms with van der Waals surface area (Å²) in [5.74, 6) is 0.871. The lowest BCUT2D eigenvalue weighted by Gasteiger charge is -2.38. The SMILES string of the molecule is CCCCC(CC)C(=O)Nc1ccc(N2CCN(c3ccccc3OC)CC2)c(C(=O)NC2CCCCC2)c1. The van der Waals surface area contributed by atoms with Gasteiger partial charge in [0.05, 0.1) is 18.4 Å². The van der Waals surface area contributed by atoms with Crippen molar-refractivity contribution in [1.82, 2.24) is 5.32 Å². The second-order valence-corrected chi connectivity index (χ2v) is 10.9. The number of hydrogen-bond acceptors (Lipinski definition) is 5. The van der Waals surface area contributed by atoms with Crippen LogP contribution in [0.4, 0.5) is 17.1 Å². The first-order chi connectivity index (χ1) is 19.0. The lowest BCUT2D eigenvalue weighted by Crippen LogP contribution is -2.47. The fraction of sp³-hybridized carbons (Fsp3) is 0.562. The van der Waals surface area contributed by atoms with Crippen molar-refractivity contribution in [3.8, 4) is 5.75 Å². The lowest BCUT2D eigenvalue weighted by atomic mass is 9.95. The van der Waals surface area contributed by atoms with E-state index in [0.29, 0.717) is 11.3 Å². The minimum Gasteiger partial charge on any atom is -0.495 e. The Morgan fingerprint density at radius 2 is 1.64 bits per heavy atom. The molecule has 1 unspecified atom stereocenters. The standard InChI is InChI=1S/C32H46N4O3/c1-4-6-12-24(5-2)31(37)34-26-17-18-28(27(23-26)32(38)33-25-13-8-7-9-14-25)35-19-21-36(22-20-35)29-15-10-11-16-30(29)39-3/h10-11,15-18,23-25H,4-9,12-14,19-22H2,1-3H3,(H,33,38)(H,34,37). The molecule has 7 nitrogen and oxygen atoms in total. The van der Waals surface area contributed by atoms with Gasteiger partial charge in [-0.05, 0) is 56.0 Å². The molecule has 0 spiro atoms. The van der Waals surface area contributed by atoms with Gasteiger partial charge in [-0.2, -0.15) is 0 Å². The number of nitrogens with one attached hydrogen (secondary N) is 2. The Morgan fingerprint density at radius 1 is 0.949 bits per heavy atom. The Morgan fingerprint density at radius 3 is 2.31 bits per heavy atom. The zero-order chi connectivity index (χ0) is 27.6. The number of nitrogens with zero attached hydrogens (tertiary/aromatic N) is 2. The molecule has 2 amide bonds. The number of carbonyl (C=O) groups excluding carboxylic acids is 2. The maximum atomic E-state index is 13.6. The Labute approximate surface area is 234 Å². The minimum absolute atomic E-state index is 0.00722. The van der Waals surface area contributed by atoms with Crippen molar-refractivity contribution in [3.05, 3.63) is 48.0 Å². The van der Waals surface area contributed by atoms with Crippen molar-refractivity contribution in [2.75, 3.05) is 48.4 Å². The molecule has 2 aromatic carbocycles. The van der Waals surface area contributed by atoms with E-state index in [2.05, 4.69) is 40.3 Å². The van der Waals surface area contributed by atoms with Crippen molar-refractivity contribution in [2.24, 2.45) is 5.92 Å². The number of rotatable bonds is 11. The fourth-order valence-corrected chi connectivity index (χ4v) is 5.88. The number of anilines is 3. The first-order valence-electron chi connectivity index (χ1n) is 14.9. The van der Waals surface area contributed by atoms with Crippen molar-refractivity contribution >= 4 is 28.9 Å². The smallest absolute Gasteiger partial charge is 0.253 e. The Kier molecular flexibility index (Phi) is 10.5. The number of unbranched alkanes of at least 4 members (excludes halogenated alkanes) is 1. The van der Waals surface area contributed by atoms with Gasteiger partial charge in [0.25, 0.3) is 5.91 Å². The van der Waals surface area contributed by atoms with E-state index in [1.807, 2.05) is 36.4 Å². The van der Waals surface area contributed by atoms with Crippen LogP contribution in [0.25, 0.3) is 0 Å². The second-order valence-electron chi connectivity index (χ2n) is 10.9. The zero-order valence-corrected chi connectivity index (χ0v) is 24.0. The first kappa shape index (κ1) is 28.8. The number of amides is 2. The number of carbonyl (C=O) groups is 2. The van der Waals surface area contributed by atoms with Gasteiger partial charge in [0.2, 0.25) is 5.91 Å². The van der Waals surface area contributed by atoms with Crippen LogP contribution >= 0.6 is 0 Å². The molecule has 7 heteroatoms. The van der Waals surface area contributed by atoms with Crippen LogP contribution in [0.15, 0.2) is 42.5 Å². The molecule has 2 aromatic rings. The quantitative estimate of drug-likeness (QED) is 0.357. The summed E-state index contributed by atoms with van der Waals surface area (Å²) in [4.78, 5) is 31.3. The Bertz CT molecular complexity index is 1090. The molecule has 1 aliphatic carbocycles. The molecule has 39 heavy (non-hydrogen) atoms. The molecule has 4 rings (SSSR count). The second kappa shape index (κ2) is 14.2. The van der Waals surface area contributed by atoms with E-state index in [1.165, 1.54) is 6.42 Å². The zero-order valence-electron chi connectivity index (χ0n) is 24.0. The summed E-state index contributed by atoms with van der Waals surface area (Å²) >= 11 is 0. The van der Waals surface area contributed by atoms with E-state index in [-0.39, 0.29) is 23.8 Å². The van der Waals surface area contributed by atoms with Crippen LogP contribution in [-0.4, -0.2) is 51.1 Å². The highest BCUT2D eigenvalue weighted by molar-refractivity contribution is 6.02. The van der Waals surface area contributed by atoms with Crippen LogP contribution in [0.2, 0.25) is 0 Å². The summed E-state index contributed by atoms with van der Waals surface area (Å²) in [6.07, 6.45) is 9.46. The normalized spacial score (nSPS) is 17.0. The van der Waals surface area contributed by atoms with Gasteiger partial charge < -0.3 is 25.2 Å². The van der Waals surface area contributed by atoms with E-state index in [0.717, 1.165) is 94.7 Å². The van der Waals surface area contributed by atoms with E-state index >= 15 is 0 Å². The number of para-hydroxylation sites is 2. The molecule has 1 aliphatic heterocycles. The largest absolute Gasteiger partial charge is 0.495 e. The molecule has 0 bridgehead atoms. The average molecular weight is 535 g/mol. The van der Waals surface area contributed by atoms with Gasteiger partial charge in [-0.1, -0.05) is 58.1 Å². The van der Waals surface area contributed by atoms with Gasteiger partial charge in [-0.25, -0.2) is 0 Å². The monoisotopic (exact) mass is 534 g/mol. The van der Waals surface area contributed by atoms with Crippen LogP contribution in [0, 0.1) is 5.92 Å². The third kappa shape index (κ3) is 7.46. The molecule has 1 saturated heterocycles. The van der Waals surface area contributed by atoms with Gasteiger partial charge in [-0.3, -0.25) is 9.59 Å². The molecule has 1 atom stereocenters. The molecule has 212 valence electrons. The van der Waals surface area contributed by atoms with Crippen LogP contribution in [0.1, 0.15) is 82.0 Å². The maximum absolute atomic E-state index is 13.6. The highest BCUT2D eigenvalue weighted by atomic mass is 16.5. The molecule has 2 N–H and O–H groups in total. The van der Waals surface area contributed by atoms with Crippen molar-refractivity contribution in [3.63, 3.8) is 0 Å². The summed E-state index contributed by atoms with van der Waals surface area (Å²) in [7, 11) is 1.71. The van der Waals surface area contributed by atoms with Crippen molar-refractivity contribution in [1.29, 1.82) is 0 Å². The molecule has 2 fully saturated rings. The minimum atomic E-state index is -0.0434. The van der Waals surface area contributed by atoms with Gasteiger partial charge in [0.1, 0.15) is 5.75 Å². The van der Waals surface area contributed by atoms with Gasteiger partial charge in [0.15, 0.2) is 0 Å². The summed E-state index contributed by atoms with van der Waals surface area (Å²) < 4.78 is 5.58. The van der Waals surface area contributed by atoms with E-state index < -0.39 is 0 Å². The molecule has 0 aromatic heterocycles. The summed E-state index contributed by atoms with van der Waals surface area (Å²) in [5, 5.41) is 6.41. The van der Waals surface area contributed by atoms with Gasteiger partial charge in [0, 0.05) is 49.5 Å². The number of methoxy groups -OCH3 is 1. The van der Waals surface area contributed by atoms with Gasteiger partial charge >= 0.3 is 0 Å². The molecular formula is C32H46N4O3. The highest BCUT2D eigenvalue weighted by Gasteiger charge is 2.26. The average Bonchev–Trinajstić information content (AvgIpc) is 2.98. The maximum Gasteiger partial charge on any atom is 0.253 e. The summed E-state index contributed by atoms with van der Waals surface area (Å²) in [6.45, 7) is 7.47. The molecule has 1 saturated carbocycles. The number of benzene rings is 2. The predicted octanol–water partition coefficient (Wildman–Crippen LogP) is 6.24. The molecule has 1 heterocycles. The Hall–Kier alpha value is -3.22. The van der Waals surface area contributed by atoms with Gasteiger partial charge in [-0.15, -0.1) is 0 Å². The highest BCUT2D eigenvalue weighted by Crippen LogP contribution is 2.31. The van der Waals surface area contributed by atoms with E-state index in [4.69, 9.17) is 4.74 Å². The van der Waals surface area contributed by atoms with Crippen molar-refractivity contribution in [2.45, 2.75) is 77.7 Å². The van der Waals surface area contributed by atoms with Crippen LogP contribution < -0.4 is 25.2 Å². The number of ether oxygens (including phenoxy) is 1.